The summed E-state index contributed by atoms with van der Waals surface area (Å²) in [4.78, 5) is 22.6. The van der Waals surface area contributed by atoms with Crippen LogP contribution in [0, 0.1) is 0 Å². The number of carboxylic acids is 1. The van der Waals surface area contributed by atoms with Gasteiger partial charge in [-0.1, -0.05) is 6.92 Å². The number of aliphatic carboxylic acids is 1. The van der Waals surface area contributed by atoms with Gasteiger partial charge in [0.15, 0.2) is 6.10 Å². The van der Waals surface area contributed by atoms with Gasteiger partial charge in [0.2, 0.25) is 0 Å². The van der Waals surface area contributed by atoms with Gasteiger partial charge in [0.1, 0.15) is 11.9 Å². The van der Waals surface area contributed by atoms with Gasteiger partial charge in [-0.15, -0.1) is 0 Å². The number of hydrogen-bond donors (Lipinski definition) is 3. The molecular formula is C11H15N3O4. The zero-order chi connectivity index (χ0) is 13.1. The van der Waals surface area contributed by atoms with Crippen LogP contribution in [0.1, 0.15) is 25.3 Å². The standard InChI is InChI=1S/C11H15N3O4/c1-2-6-5-12-14-9(6)13-10(15)7-3-4-8(18-7)11(16)17/h5,7-8H,2-4H2,1H3,(H,16,17)(H2,12,13,14,15). The Morgan fingerprint density at radius 3 is 2.89 bits per heavy atom. The minimum Gasteiger partial charge on any atom is -0.479 e. The number of H-pyrrole nitrogens is 1. The van der Waals surface area contributed by atoms with E-state index in [1.54, 1.807) is 6.20 Å². The summed E-state index contributed by atoms with van der Waals surface area (Å²) in [6.45, 7) is 1.95. The molecule has 2 heterocycles. The smallest absolute Gasteiger partial charge is 0.332 e. The molecule has 3 N–H and O–H groups in total. The van der Waals surface area contributed by atoms with E-state index in [1.165, 1.54) is 0 Å². The maximum Gasteiger partial charge on any atom is 0.332 e. The molecule has 1 fully saturated rings. The Kier molecular flexibility index (Phi) is 3.61. The fourth-order valence-electron chi connectivity index (χ4n) is 1.90. The molecule has 0 aliphatic carbocycles. The molecule has 1 aliphatic heterocycles. The number of ether oxygens (including phenoxy) is 1. The normalized spacial score (nSPS) is 22.9. The van der Waals surface area contributed by atoms with E-state index < -0.39 is 18.2 Å². The van der Waals surface area contributed by atoms with Crippen LogP contribution < -0.4 is 5.32 Å². The Hall–Kier alpha value is -1.89. The van der Waals surface area contributed by atoms with Crippen molar-refractivity contribution in [3.8, 4) is 0 Å². The number of nitrogens with zero attached hydrogens (tertiary/aromatic N) is 1. The van der Waals surface area contributed by atoms with Crippen molar-refractivity contribution in [2.75, 3.05) is 5.32 Å². The van der Waals surface area contributed by atoms with Crippen LogP contribution in [0.15, 0.2) is 6.20 Å². The molecule has 2 unspecified atom stereocenters. The van der Waals surface area contributed by atoms with Crippen molar-refractivity contribution in [1.82, 2.24) is 10.2 Å². The second-order valence-corrected chi connectivity index (χ2v) is 4.14. The average Bonchev–Trinajstić information content (AvgIpc) is 2.96. The molecule has 1 aromatic heterocycles. The minimum absolute atomic E-state index is 0.335. The Bertz CT molecular complexity index is 457. The van der Waals surface area contributed by atoms with E-state index in [-0.39, 0.29) is 5.91 Å². The van der Waals surface area contributed by atoms with Gasteiger partial charge in [-0.25, -0.2) is 4.79 Å². The second kappa shape index (κ2) is 5.18. The van der Waals surface area contributed by atoms with Crippen molar-refractivity contribution < 1.29 is 19.4 Å². The van der Waals surface area contributed by atoms with Crippen molar-refractivity contribution in [3.05, 3.63) is 11.8 Å². The van der Waals surface area contributed by atoms with Gasteiger partial charge in [0, 0.05) is 5.56 Å². The van der Waals surface area contributed by atoms with Gasteiger partial charge in [0.25, 0.3) is 5.91 Å². The van der Waals surface area contributed by atoms with E-state index in [4.69, 9.17) is 9.84 Å². The first kappa shape index (κ1) is 12.6. The molecule has 1 aliphatic rings. The summed E-state index contributed by atoms with van der Waals surface area (Å²) in [5, 5.41) is 18.0. The van der Waals surface area contributed by atoms with Crippen LogP contribution in [-0.2, 0) is 20.7 Å². The molecule has 1 aromatic rings. The Balaban J connectivity index is 1.95. The maximum atomic E-state index is 11.9. The van der Waals surface area contributed by atoms with Crippen molar-refractivity contribution in [2.45, 2.75) is 38.4 Å². The quantitative estimate of drug-likeness (QED) is 0.726. The van der Waals surface area contributed by atoms with Crippen molar-refractivity contribution in [2.24, 2.45) is 0 Å². The summed E-state index contributed by atoms with van der Waals surface area (Å²) in [7, 11) is 0. The zero-order valence-corrected chi connectivity index (χ0v) is 9.97. The highest BCUT2D eigenvalue weighted by Crippen LogP contribution is 2.21. The lowest BCUT2D eigenvalue weighted by molar-refractivity contribution is -0.150. The zero-order valence-electron chi connectivity index (χ0n) is 9.97. The van der Waals surface area contributed by atoms with E-state index >= 15 is 0 Å². The summed E-state index contributed by atoms with van der Waals surface area (Å²) in [5.41, 5.74) is 0.899. The molecule has 1 saturated heterocycles. The van der Waals surface area contributed by atoms with Crippen molar-refractivity contribution in [1.29, 1.82) is 0 Å². The van der Waals surface area contributed by atoms with Crippen molar-refractivity contribution in [3.63, 3.8) is 0 Å². The fourth-order valence-corrected chi connectivity index (χ4v) is 1.90. The minimum atomic E-state index is -1.03. The molecule has 0 saturated carbocycles. The lowest BCUT2D eigenvalue weighted by Gasteiger charge is -2.11. The lowest BCUT2D eigenvalue weighted by Crippen LogP contribution is -2.30. The molecule has 2 atom stereocenters. The van der Waals surface area contributed by atoms with Gasteiger partial charge < -0.3 is 15.2 Å². The predicted octanol–water partition coefficient (Wildman–Crippen LogP) is 0.543. The fraction of sp³-hybridized carbons (Fsp3) is 0.545. The number of hydrogen-bond acceptors (Lipinski definition) is 4. The third-order valence-electron chi connectivity index (χ3n) is 2.93. The van der Waals surface area contributed by atoms with Crippen LogP contribution in [0.25, 0.3) is 0 Å². The summed E-state index contributed by atoms with van der Waals surface area (Å²) >= 11 is 0. The molecule has 98 valence electrons. The SMILES string of the molecule is CCc1cn[nH]c1NC(=O)C1CCC(C(=O)O)O1. The lowest BCUT2D eigenvalue weighted by atomic mass is 10.2. The molecule has 0 aromatic carbocycles. The molecule has 0 bridgehead atoms. The van der Waals surface area contributed by atoms with Crippen LogP contribution >= 0.6 is 0 Å². The Morgan fingerprint density at radius 1 is 1.56 bits per heavy atom. The number of carboxylic acid groups (broad SMARTS) is 1. The van der Waals surface area contributed by atoms with E-state index in [0.717, 1.165) is 12.0 Å². The van der Waals surface area contributed by atoms with Gasteiger partial charge in [-0.3, -0.25) is 9.89 Å². The number of aromatic nitrogens is 2. The molecule has 1 amide bonds. The highest BCUT2D eigenvalue weighted by atomic mass is 16.5. The molecule has 7 nitrogen and oxygen atoms in total. The number of carbonyl (C=O) groups excluding carboxylic acids is 1. The summed E-state index contributed by atoms with van der Waals surface area (Å²) in [6, 6.07) is 0. The van der Waals surface area contributed by atoms with Crippen LogP contribution in [-0.4, -0.2) is 39.4 Å². The first-order valence-electron chi connectivity index (χ1n) is 5.83. The highest BCUT2D eigenvalue weighted by Gasteiger charge is 2.34. The molecule has 0 spiro atoms. The third-order valence-corrected chi connectivity index (χ3v) is 2.93. The number of amides is 1. The summed E-state index contributed by atoms with van der Waals surface area (Å²) in [5.74, 6) is -0.816. The first-order chi connectivity index (χ1) is 8.61. The number of aromatic amines is 1. The number of aryl methyl sites for hydroxylation is 1. The summed E-state index contributed by atoms with van der Waals surface area (Å²) in [6.07, 6.45) is 1.57. The van der Waals surface area contributed by atoms with Crippen LogP contribution in [0.2, 0.25) is 0 Å². The first-order valence-corrected chi connectivity index (χ1v) is 5.83. The van der Waals surface area contributed by atoms with E-state index in [9.17, 15) is 9.59 Å². The van der Waals surface area contributed by atoms with Crippen LogP contribution in [0.5, 0.6) is 0 Å². The molecule has 2 rings (SSSR count). The molecule has 18 heavy (non-hydrogen) atoms. The average molecular weight is 253 g/mol. The van der Waals surface area contributed by atoms with Crippen molar-refractivity contribution >= 4 is 17.7 Å². The van der Waals surface area contributed by atoms with E-state index in [0.29, 0.717) is 18.7 Å². The molecule has 7 heteroatoms. The largest absolute Gasteiger partial charge is 0.479 e. The van der Waals surface area contributed by atoms with E-state index in [2.05, 4.69) is 15.5 Å². The van der Waals surface area contributed by atoms with Gasteiger partial charge >= 0.3 is 5.97 Å². The Morgan fingerprint density at radius 2 is 2.28 bits per heavy atom. The topological polar surface area (TPSA) is 104 Å². The second-order valence-electron chi connectivity index (χ2n) is 4.14. The number of rotatable bonds is 4. The summed E-state index contributed by atoms with van der Waals surface area (Å²) < 4.78 is 5.16. The highest BCUT2D eigenvalue weighted by molar-refractivity contribution is 5.94. The van der Waals surface area contributed by atoms with Gasteiger partial charge in [0.05, 0.1) is 6.20 Å². The Labute approximate surface area is 104 Å². The van der Waals surface area contributed by atoms with Crippen LogP contribution in [0.4, 0.5) is 5.82 Å². The number of nitrogens with one attached hydrogen (secondary N) is 2. The molecular weight excluding hydrogens is 238 g/mol. The van der Waals surface area contributed by atoms with E-state index in [1.807, 2.05) is 6.92 Å². The predicted molar refractivity (Wildman–Crippen MR) is 62.1 cm³/mol. The van der Waals surface area contributed by atoms with Crippen LogP contribution in [0.3, 0.4) is 0 Å². The number of carbonyl (C=O) groups is 2. The number of anilines is 1. The maximum absolute atomic E-state index is 11.9. The van der Waals surface area contributed by atoms with Gasteiger partial charge in [-0.2, -0.15) is 5.10 Å². The monoisotopic (exact) mass is 253 g/mol. The van der Waals surface area contributed by atoms with Gasteiger partial charge in [-0.05, 0) is 19.3 Å². The molecule has 0 radical (unpaired) electrons. The third kappa shape index (κ3) is 2.51.